The van der Waals surface area contributed by atoms with Gasteiger partial charge in [0.1, 0.15) is 0 Å². The minimum atomic E-state index is 0.505. The summed E-state index contributed by atoms with van der Waals surface area (Å²) < 4.78 is 5.51. The van der Waals surface area contributed by atoms with E-state index in [0.717, 1.165) is 5.92 Å². The van der Waals surface area contributed by atoms with Gasteiger partial charge in [-0.25, -0.2) is 0 Å². The molecule has 0 amide bonds. The largest absolute Gasteiger partial charge is 0.371 e. The molecule has 2 aliphatic carbocycles. The Hall–Kier alpha value is -0.0400. The van der Waals surface area contributed by atoms with Gasteiger partial charge in [0.2, 0.25) is 0 Å². The summed E-state index contributed by atoms with van der Waals surface area (Å²) in [6, 6.07) is 0. The highest BCUT2D eigenvalue weighted by Gasteiger charge is 2.70. The minimum absolute atomic E-state index is 0.505. The summed E-state index contributed by atoms with van der Waals surface area (Å²) in [6.07, 6.45) is 4.89. The first-order valence-corrected chi connectivity index (χ1v) is 3.07. The molecule has 1 spiro atoms. The first kappa shape index (κ1) is 3.08. The third-order valence-electron chi connectivity index (χ3n) is 2.70. The Morgan fingerprint density at radius 2 is 2.29 bits per heavy atom. The summed E-state index contributed by atoms with van der Waals surface area (Å²) in [5, 5.41) is 0. The van der Waals surface area contributed by atoms with Gasteiger partial charge in [-0.05, 0) is 18.8 Å². The molecule has 38 valence electrons. The van der Waals surface area contributed by atoms with Crippen molar-refractivity contribution in [1.29, 1.82) is 0 Å². The molecule has 1 nitrogen and oxygen atoms in total. The Morgan fingerprint density at radius 1 is 1.43 bits per heavy atom. The van der Waals surface area contributed by atoms with E-state index in [1.54, 1.807) is 0 Å². The van der Waals surface area contributed by atoms with Gasteiger partial charge < -0.3 is 4.74 Å². The van der Waals surface area contributed by atoms with E-state index in [1.807, 2.05) is 0 Å². The zero-order valence-electron chi connectivity index (χ0n) is 4.18. The Morgan fingerprint density at radius 3 is 2.43 bits per heavy atom. The first-order chi connectivity index (χ1) is 3.39. The monoisotopic (exact) mass is 96.1 g/mol. The van der Waals surface area contributed by atoms with Crippen LogP contribution in [0.4, 0.5) is 0 Å². The van der Waals surface area contributed by atoms with Crippen LogP contribution in [0.15, 0.2) is 0 Å². The van der Waals surface area contributed by atoms with E-state index < -0.39 is 0 Å². The maximum absolute atomic E-state index is 5.51. The number of hydrogen-bond acceptors (Lipinski definition) is 1. The highest BCUT2D eigenvalue weighted by Crippen LogP contribution is 2.67. The summed E-state index contributed by atoms with van der Waals surface area (Å²) in [5.41, 5.74) is 0.505. The Balaban J connectivity index is 2.15. The zero-order chi connectivity index (χ0) is 4.48. The normalized spacial score (nSPS) is 72.0. The van der Waals surface area contributed by atoms with Gasteiger partial charge in [-0.15, -0.1) is 0 Å². The van der Waals surface area contributed by atoms with Crippen LogP contribution in [0.1, 0.15) is 19.3 Å². The van der Waals surface area contributed by atoms with E-state index in [4.69, 9.17) is 4.74 Å². The molecule has 7 heavy (non-hydrogen) atoms. The summed E-state index contributed by atoms with van der Waals surface area (Å²) in [4.78, 5) is 0. The zero-order valence-corrected chi connectivity index (χ0v) is 4.18. The van der Waals surface area contributed by atoms with Crippen LogP contribution in [0.3, 0.4) is 0 Å². The van der Waals surface area contributed by atoms with Gasteiger partial charge in [0.25, 0.3) is 0 Å². The van der Waals surface area contributed by atoms with Gasteiger partial charge in [-0.3, -0.25) is 0 Å². The van der Waals surface area contributed by atoms with E-state index in [-0.39, 0.29) is 0 Å². The van der Waals surface area contributed by atoms with E-state index in [0.29, 0.717) is 11.7 Å². The van der Waals surface area contributed by atoms with Crippen LogP contribution in [0.5, 0.6) is 0 Å². The Labute approximate surface area is 42.7 Å². The molecule has 2 saturated heterocycles. The lowest BCUT2D eigenvalue weighted by Gasteiger charge is -2.29. The highest BCUT2D eigenvalue weighted by molar-refractivity contribution is 5.19. The van der Waals surface area contributed by atoms with Crippen molar-refractivity contribution in [1.82, 2.24) is 0 Å². The fraction of sp³-hybridized carbons (Fsp3) is 1.00. The predicted octanol–water partition coefficient (Wildman–Crippen LogP) is 0.938. The van der Waals surface area contributed by atoms with Crippen molar-refractivity contribution in [3.63, 3.8) is 0 Å². The molecule has 0 aromatic rings. The van der Waals surface area contributed by atoms with Gasteiger partial charge in [-0.1, -0.05) is 0 Å². The van der Waals surface area contributed by atoms with E-state index in [1.165, 1.54) is 19.3 Å². The number of hydrogen-bond donors (Lipinski definition) is 0. The highest BCUT2D eigenvalue weighted by atomic mass is 16.6. The van der Waals surface area contributed by atoms with E-state index >= 15 is 0 Å². The molecule has 0 N–H and O–H groups in total. The van der Waals surface area contributed by atoms with Crippen LogP contribution < -0.4 is 0 Å². The molecule has 0 aromatic carbocycles. The van der Waals surface area contributed by atoms with Crippen molar-refractivity contribution in [3.05, 3.63) is 0 Å². The Kier molecular flexibility index (Phi) is 0.253. The van der Waals surface area contributed by atoms with Crippen LogP contribution in [0.25, 0.3) is 0 Å². The lowest BCUT2D eigenvalue weighted by molar-refractivity contribution is -0.108. The molecule has 2 aliphatic heterocycles. The Bertz CT molecular complexity index is 121. The van der Waals surface area contributed by atoms with Crippen LogP contribution in [-0.4, -0.2) is 11.7 Å². The second-order valence-electron chi connectivity index (χ2n) is 3.15. The first-order valence-electron chi connectivity index (χ1n) is 3.07. The SMILES string of the molecule is C1C2CC3(CC13)O2. The van der Waals surface area contributed by atoms with Crippen molar-refractivity contribution >= 4 is 0 Å². The average molecular weight is 96.1 g/mol. The van der Waals surface area contributed by atoms with Crippen molar-refractivity contribution in [3.8, 4) is 0 Å². The van der Waals surface area contributed by atoms with Crippen LogP contribution in [0, 0.1) is 5.92 Å². The van der Waals surface area contributed by atoms with Crippen molar-refractivity contribution in [2.75, 3.05) is 0 Å². The van der Waals surface area contributed by atoms with Crippen molar-refractivity contribution in [2.45, 2.75) is 31.0 Å². The number of ether oxygens (including phenoxy) is 1. The molecule has 0 radical (unpaired) electrons. The topological polar surface area (TPSA) is 9.23 Å². The maximum atomic E-state index is 5.51. The van der Waals surface area contributed by atoms with Crippen LogP contribution >= 0.6 is 0 Å². The summed E-state index contributed by atoms with van der Waals surface area (Å²) in [5.74, 6) is 1.01. The quantitative estimate of drug-likeness (QED) is 0.436. The molecule has 0 aromatic heterocycles. The molecular formula is C6H8O. The number of rotatable bonds is 0. The molecule has 4 rings (SSSR count). The summed E-state index contributed by atoms with van der Waals surface area (Å²) in [7, 11) is 0. The van der Waals surface area contributed by atoms with Crippen molar-refractivity contribution in [2.24, 2.45) is 5.92 Å². The molecule has 4 fully saturated rings. The van der Waals surface area contributed by atoms with Gasteiger partial charge in [0.15, 0.2) is 0 Å². The fourth-order valence-electron chi connectivity index (χ4n) is 2.21. The van der Waals surface area contributed by atoms with Gasteiger partial charge in [0, 0.05) is 6.42 Å². The average Bonchev–Trinajstić information content (AvgIpc) is 2.03. The smallest absolute Gasteiger partial charge is 0.0744 e. The van der Waals surface area contributed by atoms with Crippen LogP contribution in [-0.2, 0) is 4.74 Å². The minimum Gasteiger partial charge on any atom is -0.371 e. The molecule has 2 heterocycles. The molecule has 1 heteroatoms. The summed E-state index contributed by atoms with van der Waals surface area (Å²) in [6.45, 7) is 0. The predicted molar refractivity (Wildman–Crippen MR) is 24.9 cm³/mol. The second kappa shape index (κ2) is 0.576. The summed E-state index contributed by atoms with van der Waals surface area (Å²) >= 11 is 0. The van der Waals surface area contributed by atoms with Gasteiger partial charge >= 0.3 is 0 Å². The lowest BCUT2D eigenvalue weighted by Crippen LogP contribution is -2.32. The molecule has 3 atom stereocenters. The third kappa shape index (κ3) is 0.177. The maximum Gasteiger partial charge on any atom is 0.0744 e. The molecule has 2 saturated carbocycles. The van der Waals surface area contributed by atoms with E-state index in [9.17, 15) is 0 Å². The standard InChI is InChI=1S/C6H8O/c1-4-2-6(4)3-5(1)7-6/h4-5H,1-3H2. The molecular weight excluding hydrogens is 88.1 g/mol. The van der Waals surface area contributed by atoms with Gasteiger partial charge in [-0.2, -0.15) is 0 Å². The van der Waals surface area contributed by atoms with Crippen LogP contribution in [0.2, 0.25) is 0 Å². The van der Waals surface area contributed by atoms with Crippen molar-refractivity contribution < 1.29 is 4.74 Å². The third-order valence-corrected chi connectivity index (χ3v) is 2.70. The van der Waals surface area contributed by atoms with Gasteiger partial charge in [0.05, 0.1) is 11.7 Å². The molecule has 4 aliphatic rings. The van der Waals surface area contributed by atoms with E-state index in [2.05, 4.69) is 0 Å². The molecule has 3 unspecified atom stereocenters. The molecule has 2 bridgehead atoms. The fourth-order valence-corrected chi connectivity index (χ4v) is 2.21. The second-order valence-corrected chi connectivity index (χ2v) is 3.15. The lowest BCUT2D eigenvalue weighted by atomic mass is 10.1.